The quantitative estimate of drug-likeness (QED) is 0.101. The summed E-state index contributed by atoms with van der Waals surface area (Å²) in [5, 5.41) is 13.6. The maximum Gasteiger partial charge on any atom is 0.362 e. The Hall–Kier alpha value is -4.88. The van der Waals surface area contributed by atoms with Crippen molar-refractivity contribution < 1.29 is 37.9 Å². The van der Waals surface area contributed by atoms with Gasteiger partial charge in [0.2, 0.25) is 0 Å². The second-order valence-corrected chi connectivity index (χ2v) is 16.0. The largest absolute Gasteiger partial charge is 0.379 e. The van der Waals surface area contributed by atoms with Crippen molar-refractivity contribution in [2.75, 3.05) is 0 Å². The minimum Gasteiger partial charge on any atom is -0.379 e. The Morgan fingerprint density at radius 1 is 0.708 bits per heavy atom. The van der Waals surface area contributed by atoms with Gasteiger partial charge in [-0.25, -0.2) is 0 Å². The predicted octanol–water partition coefficient (Wildman–Crippen LogP) is 6.40. The highest BCUT2D eigenvalue weighted by Gasteiger charge is 2.29. The Bertz CT molecular complexity index is 2360. The van der Waals surface area contributed by atoms with E-state index in [1.165, 1.54) is 42.5 Å². The summed E-state index contributed by atoms with van der Waals surface area (Å²) in [4.78, 5) is -0.830. The van der Waals surface area contributed by atoms with Crippen LogP contribution in [0.1, 0.15) is 22.3 Å². The first kappa shape index (κ1) is 34.5. The van der Waals surface area contributed by atoms with Gasteiger partial charge in [0.1, 0.15) is 26.7 Å². The monoisotopic (exact) mass is 722 g/mol. The van der Waals surface area contributed by atoms with Gasteiger partial charge in [0, 0.05) is 11.0 Å². The van der Waals surface area contributed by atoms with Crippen LogP contribution in [0.2, 0.25) is 0 Å². The second kappa shape index (κ2) is 13.7. The van der Waals surface area contributed by atoms with Crippen molar-refractivity contribution in [1.29, 1.82) is 5.26 Å². The summed E-state index contributed by atoms with van der Waals surface area (Å²) in [7, 11) is -13.9. The van der Waals surface area contributed by atoms with Gasteiger partial charge >= 0.3 is 30.4 Å². The van der Waals surface area contributed by atoms with Crippen molar-refractivity contribution in [2.24, 2.45) is 5.16 Å². The van der Waals surface area contributed by atoms with Gasteiger partial charge < -0.3 is 8.37 Å². The summed E-state index contributed by atoms with van der Waals surface area (Å²) in [5.41, 5.74) is 3.47. The average molecular weight is 723 g/mol. The molecule has 1 heterocycles. The molecule has 0 N–H and O–H groups in total. The molecule has 246 valence electrons. The van der Waals surface area contributed by atoms with Crippen LogP contribution in [0, 0.1) is 32.1 Å². The molecule has 1 aliphatic heterocycles. The molecule has 11 nitrogen and oxygen atoms in total. The summed E-state index contributed by atoms with van der Waals surface area (Å²) >= 11 is 0.980. The number of oxime groups is 1. The molecule has 48 heavy (non-hydrogen) atoms. The minimum atomic E-state index is -4.97. The van der Waals surface area contributed by atoms with Crippen LogP contribution < -0.4 is 8.37 Å². The van der Waals surface area contributed by atoms with Crippen molar-refractivity contribution in [3.8, 4) is 17.6 Å². The maximum atomic E-state index is 13.5. The van der Waals surface area contributed by atoms with Crippen molar-refractivity contribution >= 4 is 52.7 Å². The SMILES string of the molecule is Cc1ccc(S(=O)(=O)Oc2ccc(OS(=O)(=O)c3ccc(C)cc3)c(S(=O)(=O)ON=C3C=C/C(=C(/C#N)c4ccccc4C)S3)c2)cc1. The number of nitriles is 1. The highest BCUT2D eigenvalue weighted by molar-refractivity contribution is 8.18. The lowest BCUT2D eigenvalue weighted by Crippen LogP contribution is -2.14. The van der Waals surface area contributed by atoms with E-state index in [1.807, 2.05) is 19.1 Å². The van der Waals surface area contributed by atoms with E-state index in [1.54, 1.807) is 44.2 Å². The lowest BCUT2D eigenvalue weighted by molar-refractivity contribution is 0.338. The van der Waals surface area contributed by atoms with Gasteiger partial charge in [-0.15, -0.1) is 0 Å². The molecule has 0 bridgehead atoms. The predicted molar refractivity (Wildman–Crippen MR) is 181 cm³/mol. The maximum absolute atomic E-state index is 13.5. The van der Waals surface area contributed by atoms with E-state index in [4.69, 9.17) is 12.6 Å². The van der Waals surface area contributed by atoms with Crippen molar-refractivity contribution in [3.05, 3.63) is 130 Å². The van der Waals surface area contributed by atoms with Gasteiger partial charge in [-0.05, 0) is 80.4 Å². The number of hydrogen-bond donors (Lipinski definition) is 0. The normalized spacial score (nSPS) is 15.2. The topological polar surface area (TPSA) is 166 Å². The van der Waals surface area contributed by atoms with E-state index in [-0.39, 0.29) is 14.8 Å². The van der Waals surface area contributed by atoms with E-state index in [9.17, 15) is 30.5 Å². The third-order valence-electron chi connectivity index (χ3n) is 6.80. The zero-order valence-corrected chi connectivity index (χ0v) is 28.8. The van der Waals surface area contributed by atoms with Gasteiger partial charge in [0.25, 0.3) is 0 Å². The lowest BCUT2D eigenvalue weighted by atomic mass is 10.0. The molecule has 4 aromatic carbocycles. The summed E-state index contributed by atoms with van der Waals surface area (Å²) < 4.78 is 94.5. The molecule has 0 amide bonds. The molecule has 0 saturated heterocycles. The number of rotatable bonds is 10. The Labute approximate surface area is 283 Å². The molecular formula is C33H26N2O9S4. The van der Waals surface area contributed by atoms with Crippen LogP contribution in [-0.2, 0) is 34.6 Å². The molecule has 0 spiro atoms. The first-order valence-electron chi connectivity index (χ1n) is 13.9. The third kappa shape index (κ3) is 7.80. The molecule has 1 aliphatic rings. The van der Waals surface area contributed by atoms with Crippen molar-refractivity contribution in [1.82, 2.24) is 0 Å². The highest BCUT2D eigenvalue weighted by Crippen LogP contribution is 2.37. The number of benzene rings is 4. The Morgan fingerprint density at radius 2 is 1.29 bits per heavy atom. The van der Waals surface area contributed by atoms with E-state index >= 15 is 0 Å². The van der Waals surface area contributed by atoms with Crippen LogP contribution in [0.5, 0.6) is 11.5 Å². The van der Waals surface area contributed by atoms with Crippen molar-refractivity contribution in [3.63, 3.8) is 0 Å². The molecule has 0 aromatic heterocycles. The first-order chi connectivity index (χ1) is 22.7. The molecule has 0 saturated carbocycles. The summed E-state index contributed by atoms with van der Waals surface area (Å²) in [6.45, 7) is 5.37. The van der Waals surface area contributed by atoms with Gasteiger partial charge in [-0.1, -0.05) is 76.6 Å². The molecule has 0 atom stereocenters. The zero-order valence-electron chi connectivity index (χ0n) is 25.5. The Morgan fingerprint density at radius 3 is 1.88 bits per heavy atom. The fraction of sp³-hybridized carbons (Fsp3) is 0.0909. The fourth-order valence-corrected chi connectivity index (χ4v) is 7.97. The molecule has 15 heteroatoms. The number of nitrogens with zero attached hydrogens (tertiary/aromatic N) is 2. The van der Waals surface area contributed by atoms with Gasteiger partial charge in [0.15, 0.2) is 10.6 Å². The molecular weight excluding hydrogens is 697 g/mol. The van der Waals surface area contributed by atoms with Crippen LogP contribution in [-0.4, -0.2) is 30.3 Å². The van der Waals surface area contributed by atoms with Crippen LogP contribution in [0.15, 0.2) is 128 Å². The minimum absolute atomic E-state index is 0.0685. The van der Waals surface area contributed by atoms with E-state index in [0.717, 1.165) is 46.7 Å². The Kier molecular flexibility index (Phi) is 9.83. The smallest absolute Gasteiger partial charge is 0.362 e. The van der Waals surface area contributed by atoms with Crippen LogP contribution >= 0.6 is 11.8 Å². The fourth-order valence-electron chi connectivity index (χ4n) is 4.29. The lowest BCUT2D eigenvalue weighted by Gasteiger charge is -2.13. The summed E-state index contributed by atoms with van der Waals surface area (Å²) in [6, 6.07) is 23.5. The van der Waals surface area contributed by atoms with Crippen LogP contribution in [0.4, 0.5) is 0 Å². The highest BCUT2D eigenvalue weighted by atomic mass is 32.2. The van der Waals surface area contributed by atoms with Gasteiger partial charge in [-0.2, -0.15) is 30.5 Å². The molecule has 0 fully saturated rings. The molecule has 0 radical (unpaired) electrons. The summed E-state index contributed by atoms with van der Waals surface area (Å²) in [5.74, 6) is -1.17. The number of aryl methyl sites for hydroxylation is 3. The van der Waals surface area contributed by atoms with E-state index < -0.39 is 46.7 Å². The average Bonchev–Trinajstić information content (AvgIpc) is 3.51. The second-order valence-electron chi connectivity index (χ2n) is 10.4. The number of thioether (sulfide) groups is 1. The van der Waals surface area contributed by atoms with Crippen LogP contribution in [0.3, 0.4) is 0 Å². The van der Waals surface area contributed by atoms with Crippen LogP contribution in [0.25, 0.3) is 5.57 Å². The molecule has 5 rings (SSSR count). The van der Waals surface area contributed by atoms with Gasteiger partial charge in [-0.3, -0.25) is 4.28 Å². The summed E-state index contributed by atoms with van der Waals surface area (Å²) in [6.07, 6.45) is 3.02. The van der Waals surface area contributed by atoms with E-state index in [2.05, 4.69) is 11.2 Å². The standard InChI is InChI=1S/C33H26N2O9S4/c1-22-8-13-26(14-9-22)46(36,37)42-25-12-17-30(43-47(38,39)27-15-10-23(2)11-16-27)32(20-25)48(40,41)44-35-33-19-18-31(45-33)29(21-34)28-7-5-4-6-24(28)3/h4-20H,1-3H3/b31-29+,35-33?. The number of hydrogen-bond acceptors (Lipinski definition) is 12. The first-order valence-corrected chi connectivity index (χ1v) is 19.0. The zero-order chi connectivity index (χ0) is 34.7. The number of allylic oxidation sites excluding steroid dienone is 2. The third-order valence-corrected chi connectivity index (χ3v) is 11.4. The molecule has 0 unspecified atom stereocenters. The molecule has 4 aromatic rings. The Balaban J connectivity index is 1.49. The molecule has 0 aliphatic carbocycles. The van der Waals surface area contributed by atoms with E-state index in [0.29, 0.717) is 16.0 Å². The van der Waals surface area contributed by atoms with Crippen molar-refractivity contribution in [2.45, 2.75) is 35.5 Å². The van der Waals surface area contributed by atoms with Gasteiger partial charge in [0.05, 0.1) is 5.57 Å².